The van der Waals surface area contributed by atoms with Crippen molar-refractivity contribution < 1.29 is 14.0 Å². The van der Waals surface area contributed by atoms with E-state index >= 15 is 0 Å². The normalized spacial score (nSPS) is 21.2. The second-order valence-corrected chi connectivity index (χ2v) is 9.95. The Hall–Kier alpha value is -2.58. The van der Waals surface area contributed by atoms with Crippen LogP contribution in [0.5, 0.6) is 0 Å². The Morgan fingerprint density at radius 1 is 1.31 bits per heavy atom. The fourth-order valence-corrected chi connectivity index (χ4v) is 5.90. The van der Waals surface area contributed by atoms with Gasteiger partial charge in [0.2, 0.25) is 5.78 Å². The molecule has 0 aromatic carbocycles. The van der Waals surface area contributed by atoms with Crippen LogP contribution in [0.25, 0.3) is 10.1 Å². The Morgan fingerprint density at radius 2 is 2.19 bits per heavy atom. The Bertz CT molecular complexity index is 1030. The van der Waals surface area contributed by atoms with Crippen LogP contribution in [0.3, 0.4) is 0 Å². The molecule has 3 aromatic rings. The summed E-state index contributed by atoms with van der Waals surface area (Å²) in [4.78, 5) is 34.4. The predicted molar refractivity (Wildman–Crippen MR) is 125 cm³/mol. The molecule has 1 fully saturated rings. The zero-order valence-electron chi connectivity index (χ0n) is 18.6. The number of nitrogens with zero attached hydrogens (tertiary/aromatic N) is 2. The van der Waals surface area contributed by atoms with E-state index in [1.165, 1.54) is 23.9 Å². The first-order valence-electron chi connectivity index (χ1n) is 11.3. The van der Waals surface area contributed by atoms with Gasteiger partial charge >= 0.3 is 0 Å². The highest BCUT2D eigenvalue weighted by molar-refractivity contribution is 7.20. The van der Waals surface area contributed by atoms with E-state index in [1.807, 2.05) is 12.1 Å². The summed E-state index contributed by atoms with van der Waals surface area (Å²) in [6.07, 6.45) is 10.1. The van der Waals surface area contributed by atoms with Crippen molar-refractivity contribution in [2.75, 3.05) is 19.6 Å². The minimum Gasteiger partial charge on any atom is -0.440 e. The van der Waals surface area contributed by atoms with Crippen molar-refractivity contribution in [3.8, 4) is 0 Å². The van der Waals surface area contributed by atoms with Gasteiger partial charge in [0.05, 0.1) is 15.8 Å². The number of ketones is 1. The number of carbonyl (C=O) groups is 2. The number of fused-ring (bicyclic) bond motifs is 1. The number of oxazole rings is 1. The standard InChI is InChI=1S/C24H30N4O3S/c1-16(2)24(7-10-26-12-18(24)22(29)19-13-27-15-31-19)6-3-4-8-28-23(30)20-11-17-5-9-25-14-21(17)32-20/h5,9,11,13-16,18,26H,3-4,6-8,10,12H2,1-2H3,(H,28,30). The number of aromatic nitrogens is 2. The van der Waals surface area contributed by atoms with Gasteiger partial charge in [-0.15, -0.1) is 11.3 Å². The number of nitrogens with one attached hydrogen (secondary N) is 2. The third-order valence-electron chi connectivity index (χ3n) is 6.85. The van der Waals surface area contributed by atoms with E-state index in [2.05, 4.69) is 34.4 Å². The van der Waals surface area contributed by atoms with Gasteiger partial charge in [-0.25, -0.2) is 4.98 Å². The number of hydrogen-bond acceptors (Lipinski definition) is 7. The summed E-state index contributed by atoms with van der Waals surface area (Å²) in [5.41, 5.74) is -0.0857. The molecule has 3 aromatic heterocycles. The average Bonchev–Trinajstić information content (AvgIpc) is 3.48. The van der Waals surface area contributed by atoms with E-state index in [9.17, 15) is 9.59 Å². The molecule has 0 aliphatic carbocycles. The molecular formula is C24H30N4O3S. The quantitative estimate of drug-likeness (QED) is 0.369. The van der Waals surface area contributed by atoms with Crippen LogP contribution in [0.4, 0.5) is 0 Å². The molecule has 7 nitrogen and oxygen atoms in total. The maximum absolute atomic E-state index is 13.2. The molecule has 4 heterocycles. The summed E-state index contributed by atoms with van der Waals surface area (Å²) < 4.78 is 6.33. The SMILES string of the molecule is CC(C)C1(CCCCNC(=O)c2cc3ccncc3s2)CCNCC1C(=O)c1cnco1. The molecule has 2 atom stereocenters. The average molecular weight is 455 g/mol. The number of Topliss-reactive ketones (excluding diaryl/α,β-unsaturated/α-hetero) is 1. The molecular weight excluding hydrogens is 424 g/mol. The summed E-state index contributed by atoms with van der Waals surface area (Å²) in [5.74, 6) is 0.574. The third-order valence-corrected chi connectivity index (χ3v) is 7.94. The predicted octanol–water partition coefficient (Wildman–Crippen LogP) is 4.32. The van der Waals surface area contributed by atoms with Crippen molar-refractivity contribution in [1.82, 2.24) is 20.6 Å². The van der Waals surface area contributed by atoms with E-state index in [1.54, 1.807) is 12.4 Å². The van der Waals surface area contributed by atoms with Gasteiger partial charge in [0.15, 0.2) is 12.2 Å². The summed E-state index contributed by atoms with van der Waals surface area (Å²) in [6, 6.07) is 3.84. The lowest BCUT2D eigenvalue weighted by Crippen LogP contribution is -2.51. The molecule has 32 heavy (non-hydrogen) atoms. The first-order valence-corrected chi connectivity index (χ1v) is 12.1. The van der Waals surface area contributed by atoms with Crippen molar-refractivity contribution >= 4 is 33.1 Å². The topological polar surface area (TPSA) is 97.1 Å². The van der Waals surface area contributed by atoms with Gasteiger partial charge in [0.25, 0.3) is 5.91 Å². The molecule has 0 radical (unpaired) electrons. The molecule has 4 rings (SSSR count). The van der Waals surface area contributed by atoms with Gasteiger partial charge in [-0.2, -0.15) is 0 Å². The summed E-state index contributed by atoms with van der Waals surface area (Å²) >= 11 is 1.46. The van der Waals surface area contributed by atoms with Gasteiger partial charge in [0.1, 0.15) is 0 Å². The number of carbonyl (C=O) groups excluding carboxylic acids is 2. The van der Waals surface area contributed by atoms with Gasteiger partial charge in [-0.1, -0.05) is 20.3 Å². The fourth-order valence-electron chi connectivity index (χ4n) is 4.95. The first-order chi connectivity index (χ1) is 15.5. The Labute approximate surface area is 192 Å². The summed E-state index contributed by atoms with van der Waals surface area (Å²) in [6.45, 7) is 6.62. The first kappa shape index (κ1) is 22.6. The van der Waals surface area contributed by atoms with Crippen molar-refractivity contribution in [2.24, 2.45) is 17.3 Å². The van der Waals surface area contributed by atoms with Crippen LogP contribution in [-0.4, -0.2) is 41.3 Å². The lowest BCUT2D eigenvalue weighted by molar-refractivity contribution is 0.0312. The number of rotatable bonds is 9. The Balaban J connectivity index is 1.34. The lowest BCUT2D eigenvalue weighted by atomic mass is 9.60. The van der Waals surface area contributed by atoms with Crippen molar-refractivity contribution in [3.05, 3.63) is 47.8 Å². The highest BCUT2D eigenvalue weighted by Crippen LogP contribution is 2.46. The molecule has 0 spiro atoms. The smallest absolute Gasteiger partial charge is 0.261 e. The number of unbranched alkanes of at least 4 members (excludes halogenated alkanes) is 1. The number of pyridine rings is 1. The molecule has 0 saturated carbocycles. The number of hydrogen-bond donors (Lipinski definition) is 2. The number of piperidine rings is 1. The van der Waals surface area contributed by atoms with Crippen molar-refractivity contribution in [2.45, 2.75) is 39.5 Å². The Kier molecular flexibility index (Phi) is 7.01. The van der Waals surface area contributed by atoms with E-state index in [4.69, 9.17) is 4.42 Å². The number of thiophene rings is 1. The minimum absolute atomic E-state index is 0.0370. The summed E-state index contributed by atoms with van der Waals surface area (Å²) in [7, 11) is 0. The molecule has 170 valence electrons. The molecule has 1 aliphatic rings. The fraction of sp³-hybridized carbons (Fsp3) is 0.500. The zero-order valence-corrected chi connectivity index (χ0v) is 19.4. The van der Waals surface area contributed by atoms with Crippen LogP contribution in [-0.2, 0) is 0 Å². The molecule has 2 unspecified atom stereocenters. The molecule has 1 amide bonds. The largest absolute Gasteiger partial charge is 0.440 e. The van der Waals surface area contributed by atoms with Gasteiger partial charge in [-0.05, 0) is 54.7 Å². The van der Waals surface area contributed by atoms with Crippen LogP contribution < -0.4 is 10.6 Å². The second-order valence-electron chi connectivity index (χ2n) is 8.86. The maximum Gasteiger partial charge on any atom is 0.261 e. The summed E-state index contributed by atoms with van der Waals surface area (Å²) in [5, 5.41) is 7.48. The molecule has 1 aliphatic heterocycles. The lowest BCUT2D eigenvalue weighted by Gasteiger charge is -2.47. The van der Waals surface area contributed by atoms with E-state index < -0.39 is 0 Å². The molecule has 0 bridgehead atoms. The monoisotopic (exact) mass is 454 g/mol. The highest BCUT2D eigenvalue weighted by Gasteiger charge is 2.47. The molecule has 1 saturated heterocycles. The van der Waals surface area contributed by atoms with E-state index in [0.29, 0.717) is 29.6 Å². The number of amides is 1. The highest BCUT2D eigenvalue weighted by atomic mass is 32.1. The molecule has 8 heteroatoms. The van der Waals surface area contributed by atoms with Gasteiger partial charge in [0, 0.05) is 31.4 Å². The van der Waals surface area contributed by atoms with Gasteiger partial charge < -0.3 is 15.1 Å². The van der Waals surface area contributed by atoms with Gasteiger partial charge in [-0.3, -0.25) is 14.6 Å². The van der Waals surface area contributed by atoms with Crippen molar-refractivity contribution in [3.63, 3.8) is 0 Å². The van der Waals surface area contributed by atoms with Crippen LogP contribution in [0.2, 0.25) is 0 Å². The Morgan fingerprint density at radius 3 is 2.94 bits per heavy atom. The zero-order chi connectivity index (χ0) is 22.6. The van der Waals surface area contributed by atoms with Crippen LogP contribution in [0.15, 0.2) is 41.5 Å². The van der Waals surface area contributed by atoms with Crippen LogP contribution in [0.1, 0.15) is 59.8 Å². The van der Waals surface area contributed by atoms with Crippen LogP contribution in [0, 0.1) is 17.3 Å². The van der Waals surface area contributed by atoms with E-state index in [0.717, 1.165) is 42.3 Å². The molecule has 2 N–H and O–H groups in total. The second kappa shape index (κ2) is 9.92. The third kappa shape index (κ3) is 4.61. The van der Waals surface area contributed by atoms with Crippen molar-refractivity contribution in [1.29, 1.82) is 0 Å². The minimum atomic E-state index is -0.133. The maximum atomic E-state index is 13.2. The van der Waals surface area contributed by atoms with Crippen LogP contribution >= 0.6 is 11.3 Å². The van der Waals surface area contributed by atoms with E-state index in [-0.39, 0.29) is 23.0 Å².